The number of benzene rings is 2. The van der Waals surface area contributed by atoms with Crippen LogP contribution in [0.4, 0.5) is 0 Å². The van der Waals surface area contributed by atoms with E-state index in [-0.39, 0.29) is 17.4 Å². The molecule has 1 saturated carbocycles. The van der Waals surface area contributed by atoms with Crippen LogP contribution in [0, 0.1) is 5.92 Å². The zero-order chi connectivity index (χ0) is 24.9. The van der Waals surface area contributed by atoms with Crippen LogP contribution in [0.2, 0.25) is 0 Å². The lowest BCUT2D eigenvalue weighted by Crippen LogP contribution is -2.19. The summed E-state index contributed by atoms with van der Waals surface area (Å²) in [6.07, 6.45) is 9.85. The van der Waals surface area contributed by atoms with Gasteiger partial charge in [0.25, 0.3) is 0 Å². The molecule has 0 atom stereocenters. The smallest absolute Gasteiger partial charge is 0.303 e. The average Bonchev–Trinajstić information content (AvgIpc) is 3.57. The third-order valence-electron chi connectivity index (χ3n) is 6.89. The summed E-state index contributed by atoms with van der Waals surface area (Å²) >= 11 is 0. The lowest BCUT2D eigenvalue weighted by molar-refractivity contribution is 0.0884. The number of allylic oxidation sites excluding steroid dienone is 1. The molecule has 36 heavy (non-hydrogen) atoms. The standard InChI is InChI=1S/C28H30N6O2/c1-2-3-13-24-25(26(35)21-9-5-4-6-10-21)29-28(36)34(24)18-19-14-16-20(17-15-19)22-11-7-8-12-23(22)27-30-32-33-31-27/h3,7-8,11-17,21H,2,4-6,9-10,18H2,1H3,(H,29,36)(H,30,31,32,33). The molecule has 0 amide bonds. The first kappa shape index (κ1) is 23.7. The van der Waals surface area contributed by atoms with E-state index in [2.05, 4.69) is 25.6 Å². The molecule has 2 heterocycles. The van der Waals surface area contributed by atoms with E-state index in [0.29, 0.717) is 23.8 Å². The molecule has 0 unspecified atom stereocenters. The van der Waals surface area contributed by atoms with Gasteiger partial charge >= 0.3 is 5.69 Å². The van der Waals surface area contributed by atoms with Crippen LogP contribution in [-0.2, 0) is 6.54 Å². The molecule has 4 aromatic rings. The second-order valence-electron chi connectivity index (χ2n) is 9.28. The number of aromatic nitrogens is 6. The molecular weight excluding hydrogens is 452 g/mol. The number of tetrazole rings is 1. The number of nitrogens with one attached hydrogen (secondary N) is 2. The van der Waals surface area contributed by atoms with E-state index in [0.717, 1.165) is 54.4 Å². The summed E-state index contributed by atoms with van der Waals surface area (Å²) in [5, 5.41) is 14.3. The van der Waals surface area contributed by atoms with Crippen molar-refractivity contribution >= 4 is 11.9 Å². The minimum Gasteiger partial charge on any atom is -0.303 e. The van der Waals surface area contributed by atoms with Crippen molar-refractivity contribution in [3.63, 3.8) is 0 Å². The minimum atomic E-state index is -0.253. The Bertz CT molecular complexity index is 1410. The fourth-order valence-electron chi connectivity index (χ4n) is 4.99. The van der Waals surface area contributed by atoms with Crippen molar-refractivity contribution in [3.05, 3.63) is 82.0 Å². The zero-order valence-electron chi connectivity index (χ0n) is 20.4. The van der Waals surface area contributed by atoms with Gasteiger partial charge in [-0.25, -0.2) is 9.89 Å². The fourth-order valence-corrected chi connectivity index (χ4v) is 4.99. The van der Waals surface area contributed by atoms with Gasteiger partial charge in [-0.1, -0.05) is 80.8 Å². The van der Waals surface area contributed by atoms with Crippen LogP contribution in [0.3, 0.4) is 0 Å². The molecule has 1 aliphatic carbocycles. The summed E-state index contributed by atoms with van der Waals surface area (Å²) < 4.78 is 1.67. The van der Waals surface area contributed by atoms with E-state index in [1.165, 1.54) is 6.42 Å². The van der Waals surface area contributed by atoms with E-state index in [1.807, 2.05) is 67.6 Å². The number of hydrogen-bond donors (Lipinski definition) is 2. The third-order valence-corrected chi connectivity index (χ3v) is 6.89. The van der Waals surface area contributed by atoms with Crippen molar-refractivity contribution in [1.29, 1.82) is 0 Å². The number of H-pyrrole nitrogens is 2. The average molecular weight is 483 g/mol. The molecule has 0 spiro atoms. The predicted octanol–water partition coefficient (Wildman–Crippen LogP) is 5.26. The van der Waals surface area contributed by atoms with Crippen molar-refractivity contribution in [2.75, 3.05) is 0 Å². The highest BCUT2D eigenvalue weighted by molar-refractivity contribution is 5.99. The second-order valence-corrected chi connectivity index (χ2v) is 9.28. The van der Waals surface area contributed by atoms with E-state index in [9.17, 15) is 9.59 Å². The Labute approximate surface area is 209 Å². The van der Waals surface area contributed by atoms with Crippen molar-refractivity contribution < 1.29 is 4.79 Å². The van der Waals surface area contributed by atoms with Crippen LogP contribution in [-0.4, -0.2) is 36.0 Å². The quantitative estimate of drug-likeness (QED) is 0.333. The monoisotopic (exact) mass is 482 g/mol. The Hall–Kier alpha value is -4.07. The highest BCUT2D eigenvalue weighted by Gasteiger charge is 2.27. The molecule has 5 rings (SSSR count). The number of rotatable bonds is 8. The SMILES string of the molecule is CCC=Cc1c(C(=O)C2CCCCC2)[nH]c(=O)n1Cc1ccc(-c2ccccc2-c2nnn[nH]2)cc1. The molecular formula is C28H30N6O2. The van der Waals surface area contributed by atoms with Crippen molar-refractivity contribution in [2.24, 2.45) is 5.92 Å². The second kappa shape index (κ2) is 10.7. The molecule has 1 aliphatic rings. The molecule has 2 aromatic carbocycles. The molecule has 8 heteroatoms. The van der Waals surface area contributed by atoms with Crippen molar-refractivity contribution in [3.8, 4) is 22.5 Å². The number of hydrogen-bond acceptors (Lipinski definition) is 5. The molecule has 184 valence electrons. The molecule has 0 radical (unpaired) electrons. The predicted molar refractivity (Wildman–Crippen MR) is 139 cm³/mol. The fraction of sp³-hybridized carbons (Fsp3) is 0.321. The molecule has 0 aliphatic heterocycles. The summed E-state index contributed by atoms with van der Waals surface area (Å²) in [4.78, 5) is 29.2. The molecule has 1 fully saturated rings. The van der Waals surface area contributed by atoms with Gasteiger partial charge in [-0.15, -0.1) is 5.10 Å². The summed E-state index contributed by atoms with van der Waals surface area (Å²) in [5.41, 5.74) is 4.78. The number of imidazole rings is 1. The van der Waals surface area contributed by atoms with Crippen LogP contribution < -0.4 is 5.69 Å². The number of ketones is 1. The van der Waals surface area contributed by atoms with Gasteiger partial charge in [0.2, 0.25) is 0 Å². The van der Waals surface area contributed by atoms with Crippen molar-refractivity contribution in [1.82, 2.24) is 30.2 Å². The number of Topliss-reactive ketones (excluding diaryl/α,β-unsaturated/α-hetero) is 1. The maximum absolute atomic E-state index is 13.3. The Morgan fingerprint density at radius 3 is 2.50 bits per heavy atom. The van der Waals surface area contributed by atoms with Crippen LogP contribution in [0.25, 0.3) is 28.6 Å². The molecule has 0 saturated heterocycles. The normalized spacial score (nSPS) is 14.5. The van der Waals surface area contributed by atoms with Gasteiger partial charge in [0, 0.05) is 11.5 Å². The van der Waals surface area contributed by atoms with Crippen LogP contribution in [0.5, 0.6) is 0 Å². The zero-order valence-corrected chi connectivity index (χ0v) is 20.4. The summed E-state index contributed by atoms with van der Waals surface area (Å²) in [7, 11) is 0. The van der Waals surface area contributed by atoms with Gasteiger partial charge in [-0.2, -0.15) is 0 Å². The van der Waals surface area contributed by atoms with Gasteiger partial charge in [0.05, 0.1) is 12.2 Å². The van der Waals surface area contributed by atoms with Crippen LogP contribution >= 0.6 is 0 Å². The Balaban J connectivity index is 1.44. The van der Waals surface area contributed by atoms with Crippen molar-refractivity contribution in [2.45, 2.75) is 52.0 Å². The van der Waals surface area contributed by atoms with E-state index in [4.69, 9.17) is 0 Å². The van der Waals surface area contributed by atoms with Crippen LogP contribution in [0.1, 0.15) is 67.2 Å². The summed E-state index contributed by atoms with van der Waals surface area (Å²) in [6, 6.07) is 16.0. The van der Waals surface area contributed by atoms with E-state index >= 15 is 0 Å². The summed E-state index contributed by atoms with van der Waals surface area (Å²) in [6.45, 7) is 2.42. The Kier molecular flexibility index (Phi) is 7.02. The lowest BCUT2D eigenvalue weighted by Gasteiger charge is -2.20. The lowest BCUT2D eigenvalue weighted by atomic mass is 9.85. The molecule has 2 aromatic heterocycles. The topological polar surface area (TPSA) is 109 Å². The molecule has 2 N–H and O–H groups in total. The van der Waals surface area contributed by atoms with Crippen LogP contribution in [0.15, 0.2) is 59.4 Å². The Morgan fingerprint density at radius 1 is 1.06 bits per heavy atom. The van der Waals surface area contributed by atoms with E-state index in [1.54, 1.807) is 4.57 Å². The van der Waals surface area contributed by atoms with Gasteiger partial charge in [0.1, 0.15) is 5.69 Å². The highest BCUT2D eigenvalue weighted by atomic mass is 16.2. The molecule has 8 nitrogen and oxygen atoms in total. The molecule has 0 bridgehead atoms. The largest absolute Gasteiger partial charge is 0.326 e. The number of carbonyl (C=O) groups is 1. The third kappa shape index (κ3) is 4.84. The maximum atomic E-state index is 13.3. The van der Waals surface area contributed by atoms with E-state index < -0.39 is 0 Å². The van der Waals surface area contributed by atoms with Gasteiger partial charge in [-0.3, -0.25) is 9.36 Å². The minimum absolute atomic E-state index is 0.00191. The Morgan fingerprint density at radius 2 is 1.81 bits per heavy atom. The number of aromatic amines is 2. The highest BCUT2D eigenvalue weighted by Crippen LogP contribution is 2.30. The van der Waals surface area contributed by atoms with Gasteiger partial charge in [0.15, 0.2) is 11.6 Å². The maximum Gasteiger partial charge on any atom is 0.326 e. The number of carbonyl (C=O) groups excluding carboxylic acids is 1. The first-order valence-electron chi connectivity index (χ1n) is 12.6. The first-order chi connectivity index (χ1) is 17.7. The van der Waals surface area contributed by atoms with Gasteiger partial charge < -0.3 is 4.98 Å². The number of nitrogens with zero attached hydrogens (tertiary/aromatic N) is 4. The van der Waals surface area contributed by atoms with Gasteiger partial charge in [-0.05, 0) is 52.5 Å². The summed E-state index contributed by atoms with van der Waals surface area (Å²) in [5.74, 6) is 0.671. The first-order valence-corrected chi connectivity index (χ1v) is 12.6.